The topological polar surface area (TPSA) is 81.2 Å². The van der Waals surface area contributed by atoms with Crippen LogP contribution in [0.25, 0.3) is 0 Å². The van der Waals surface area contributed by atoms with Crippen molar-refractivity contribution in [1.82, 2.24) is 4.98 Å². The van der Waals surface area contributed by atoms with Crippen molar-refractivity contribution in [2.75, 3.05) is 5.73 Å². The van der Waals surface area contributed by atoms with Crippen molar-refractivity contribution >= 4 is 5.69 Å². The number of ether oxygens (including phenoxy) is 2. The van der Waals surface area contributed by atoms with Gasteiger partial charge in [0, 0.05) is 12.1 Å². The van der Waals surface area contributed by atoms with E-state index >= 15 is 0 Å². The summed E-state index contributed by atoms with van der Waals surface area (Å²) in [5.74, 6) is 1.48. The summed E-state index contributed by atoms with van der Waals surface area (Å²) in [6, 6.07) is 10.5. The van der Waals surface area contributed by atoms with Gasteiger partial charge in [0.05, 0.1) is 23.6 Å². The number of nitriles is 1. The number of aromatic nitrogens is 1. The summed E-state index contributed by atoms with van der Waals surface area (Å²) < 4.78 is 11.2. The summed E-state index contributed by atoms with van der Waals surface area (Å²) in [7, 11) is 0. The predicted molar refractivity (Wildman–Crippen MR) is 75.6 cm³/mol. The van der Waals surface area contributed by atoms with Crippen molar-refractivity contribution in [3.05, 3.63) is 42.1 Å². The lowest BCUT2D eigenvalue weighted by Gasteiger charge is -2.12. The normalized spacial score (nSPS) is 10.1. The number of hydrogen-bond acceptors (Lipinski definition) is 5. The molecule has 0 amide bonds. The molecule has 0 saturated carbocycles. The molecule has 5 nitrogen and oxygen atoms in total. The number of anilines is 1. The highest BCUT2D eigenvalue weighted by atomic mass is 16.5. The molecule has 0 spiro atoms. The zero-order chi connectivity index (χ0) is 14.5. The first kappa shape index (κ1) is 13.7. The molecule has 2 aromatic rings. The largest absolute Gasteiger partial charge is 0.489 e. The maximum absolute atomic E-state index is 9.05. The van der Waals surface area contributed by atoms with E-state index in [1.165, 1.54) is 6.20 Å². The number of nitrogens with two attached hydrogens (primary N) is 1. The molecule has 2 rings (SSSR count). The molecule has 0 bridgehead atoms. The summed E-state index contributed by atoms with van der Waals surface area (Å²) in [6.45, 7) is 3.80. The van der Waals surface area contributed by atoms with Gasteiger partial charge in [0.15, 0.2) is 0 Å². The van der Waals surface area contributed by atoms with Crippen molar-refractivity contribution in [3.8, 4) is 23.4 Å². The zero-order valence-corrected chi connectivity index (χ0v) is 11.3. The quantitative estimate of drug-likeness (QED) is 0.922. The molecule has 0 aliphatic rings. The van der Waals surface area contributed by atoms with E-state index in [2.05, 4.69) is 11.1 Å². The maximum atomic E-state index is 9.05. The van der Waals surface area contributed by atoms with E-state index in [1.807, 2.05) is 13.8 Å². The highest BCUT2D eigenvalue weighted by Gasteiger charge is 2.08. The lowest BCUT2D eigenvalue weighted by Crippen LogP contribution is -2.06. The molecule has 5 heteroatoms. The second-order valence-electron chi connectivity index (χ2n) is 4.47. The lowest BCUT2D eigenvalue weighted by molar-refractivity contribution is 0.241. The fourth-order valence-electron chi connectivity index (χ4n) is 1.58. The van der Waals surface area contributed by atoms with Gasteiger partial charge >= 0.3 is 0 Å². The monoisotopic (exact) mass is 269 g/mol. The minimum atomic E-state index is -0.0213. The van der Waals surface area contributed by atoms with E-state index in [9.17, 15) is 0 Å². The molecule has 0 atom stereocenters. The molecule has 0 aliphatic heterocycles. The SMILES string of the molecule is CC(C)Oc1cc(Oc2ccc(N)cn2)ccc1C#N. The molecule has 20 heavy (non-hydrogen) atoms. The van der Waals surface area contributed by atoms with Crippen LogP contribution in [0.1, 0.15) is 19.4 Å². The average molecular weight is 269 g/mol. The van der Waals surface area contributed by atoms with Crippen LogP contribution in [0.5, 0.6) is 17.4 Å². The van der Waals surface area contributed by atoms with Crippen LogP contribution < -0.4 is 15.2 Å². The van der Waals surface area contributed by atoms with Crippen molar-refractivity contribution in [3.63, 3.8) is 0 Å². The van der Waals surface area contributed by atoms with E-state index in [1.54, 1.807) is 30.3 Å². The first-order chi connectivity index (χ1) is 9.58. The number of nitrogens with zero attached hydrogens (tertiary/aromatic N) is 2. The van der Waals surface area contributed by atoms with Crippen molar-refractivity contribution in [1.29, 1.82) is 5.26 Å². The van der Waals surface area contributed by atoms with Crippen LogP contribution in [0.2, 0.25) is 0 Å². The summed E-state index contributed by atoms with van der Waals surface area (Å²) >= 11 is 0. The third-order valence-corrected chi connectivity index (χ3v) is 2.42. The van der Waals surface area contributed by atoms with Gasteiger partial charge in [-0.15, -0.1) is 0 Å². The first-order valence-electron chi connectivity index (χ1n) is 6.18. The second kappa shape index (κ2) is 5.93. The number of benzene rings is 1. The summed E-state index contributed by atoms with van der Waals surface area (Å²) in [4.78, 5) is 4.05. The van der Waals surface area contributed by atoms with Gasteiger partial charge in [-0.3, -0.25) is 0 Å². The van der Waals surface area contributed by atoms with Crippen LogP contribution in [-0.4, -0.2) is 11.1 Å². The van der Waals surface area contributed by atoms with Crippen LogP contribution in [0.3, 0.4) is 0 Å². The Balaban J connectivity index is 2.24. The van der Waals surface area contributed by atoms with E-state index in [0.717, 1.165) is 0 Å². The highest BCUT2D eigenvalue weighted by molar-refractivity contribution is 5.48. The van der Waals surface area contributed by atoms with E-state index in [-0.39, 0.29) is 6.10 Å². The van der Waals surface area contributed by atoms with Crippen LogP contribution in [0.15, 0.2) is 36.5 Å². The van der Waals surface area contributed by atoms with E-state index < -0.39 is 0 Å². The molecular formula is C15H15N3O2. The maximum Gasteiger partial charge on any atom is 0.219 e. The van der Waals surface area contributed by atoms with Gasteiger partial charge in [0.25, 0.3) is 0 Å². The van der Waals surface area contributed by atoms with Crippen LogP contribution in [0, 0.1) is 11.3 Å². The molecule has 0 saturated heterocycles. The van der Waals surface area contributed by atoms with Gasteiger partial charge < -0.3 is 15.2 Å². The fraction of sp³-hybridized carbons (Fsp3) is 0.200. The molecule has 0 fully saturated rings. The minimum Gasteiger partial charge on any atom is -0.489 e. The molecule has 1 aromatic heterocycles. The molecule has 0 radical (unpaired) electrons. The van der Waals surface area contributed by atoms with Gasteiger partial charge in [0.2, 0.25) is 5.88 Å². The predicted octanol–water partition coefficient (Wildman–Crippen LogP) is 3.11. The van der Waals surface area contributed by atoms with Gasteiger partial charge in [-0.05, 0) is 32.0 Å². The van der Waals surface area contributed by atoms with Crippen LogP contribution >= 0.6 is 0 Å². The molecule has 0 unspecified atom stereocenters. The highest BCUT2D eigenvalue weighted by Crippen LogP contribution is 2.28. The Hall–Kier alpha value is -2.74. The Labute approximate surface area is 117 Å². The van der Waals surface area contributed by atoms with Crippen LogP contribution in [0.4, 0.5) is 5.69 Å². The Bertz CT molecular complexity index is 631. The third-order valence-electron chi connectivity index (χ3n) is 2.42. The molecule has 0 aliphatic carbocycles. The molecule has 1 aromatic carbocycles. The second-order valence-corrected chi connectivity index (χ2v) is 4.47. The Morgan fingerprint density at radius 1 is 1.25 bits per heavy atom. The van der Waals surface area contributed by atoms with E-state index in [0.29, 0.717) is 28.6 Å². The minimum absolute atomic E-state index is 0.0213. The Morgan fingerprint density at radius 3 is 2.65 bits per heavy atom. The van der Waals surface area contributed by atoms with Crippen molar-refractivity contribution < 1.29 is 9.47 Å². The van der Waals surface area contributed by atoms with Gasteiger partial charge in [0.1, 0.15) is 17.6 Å². The Kier molecular flexibility index (Phi) is 4.06. The lowest BCUT2D eigenvalue weighted by atomic mass is 10.2. The van der Waals surface area contributed by atoms with Gasteiger partial charge in [-0.2, -0.15) is 5.26 Å². The third kappa shape index (κ3) is 3.39. The van der Waals surface area contributed by atoms with E-state index in [4.69, 9.17) is 20.5 Å². The molecular weight excluding hydrogens is 254 g/mol. The van der Waals surface area contributed by atoms with Crippen molar-refractivity contribution in [2.45, 2.75) is 20.0 Å². The first-order valence-corrected chi connectivity index (χ1v) is 6.18. The molecule has 2 N–H and O–H groups in total. The summed E-state index contributed by atoms with van der Waals surface area (Å²) in [5, 5.41) is 9.05. The van der Waals surface area contributed by atoms with Crippen LogP contribution in [-0.2, 0) is 0 Å². The number of nitrogen functional groups attached to an aromatic ring is 1. The number of hydrogen-bond donors (Lipinski definition) is 1. The average Bonchev–Trinajstić information content (AvgIpc) is 2.41. The standard InChI is InChI=1S/C15H15N3O2/c1-10(2)19-14-7-13(5-3-11(14)8-16)20-15-6-4-12(17)9-18-15/h3-7,9-10H,17H2,1-2H3. The Morgan fingerprint density at radius 2 is 2.05 bits per heavy atom. The van der Waals surface area contributed by atoms with Gasteiger partial charge in [-0.1, -0.05) is 0 Å². The zero-order valence-electron chi connectivity index (χ0n) is 11.3. The number of pyridine rings is 1. The molecule has 1 heterocycles. The molecule has 102 valence electrons. The summed E-state index contributed by atoms with van der Waals surface area (Å²) in [6.07, 6.45) is 1.50. The fourth-order valence-corrected chi connectivity index (χ4v) is 1.58. The smallest absolute Gasteiger partial charge is 0.219 e. The summed E-state index contributed by atoms with van der Waals surface area (Å²) in [5.41, 5.74) is 6.60. The van der Waals surface area contributed by atoms with Crippen molar-refractivity contribution in [2.24, 2.45) is 0 Å². The number of rotatable bonds is 4. The van der Waals surface area contributed by atoms with Gasteiger partial charge in [-0.25, -0.2) is 4.98 Å².